The van der Waals surface area contributed by atoms with Crippen LogP contribution in [0.15, 0.2) is 18.2 Å². The summed E-state index contributed by atoms with van der Waals surface area (Å²) in [6, 6.07) is 4.89. The zero-order valence-corrected chi connectivity index (χ0v) is 11.3. The Morgan fingerprint density at radius 1 is 1.28 bits per heavy atom. The number of carbonyl (C=O) groups excluding carboxylic acids is 1. The van der Waals surface area contributed by atoms with E-state index in [1.807, 2.05) is 24.8 Å². The van der Waals surface area contributed by atoms with Crippen LogP contribution in [0.1, 0.15) is 41.6 Å². The first-order valence-electron chi connectivity index (χ1n) is 6.60. The van der Waals surface area contributed by atoms with Crippen LogP contribution < -0.4 is 0 Å². The zero-order chi connectivity index (χ0) is 12.7. The molecule has 0 radical (unpaired) electrons. The SMILES string of the molecule is Cc1cccc(F)c1C(=O)C1CC2CCC(C1)S2. The van der Waals surface area contributed by atoms with Crippen LogP contribution in [0.25, 0.3) is 0 Å². The summed E-state index contributed by atoms with van der Waals surface area (Å²) < 4.78 is 13.8. The smallest absolute Gasteiger partial charge is 0.169 e. The highest BCUT2D eigenvalue weighted by atomic mass is 32.2. The quantitative estimate of drug-likeness (QED) is 0.751. The number of ketones is 1. The van der Waals surface area contributed by atoms with Gasteiger partial charge in [0.1, 0.15) is 5.82 Å². The van der Waals surface area contributed by atoms with Gasteiger partial charge in [-0.1, -0.05) is 12.1 Å². The maximum atomic E-state index is 13.8. The van der Waals surface area contributed by atoms with E-state index in [9.17, 15) is 9.18 Å². The van der Waals surface area contributed by atoms with Crippen LogP contribution >= 0.6 is 11.8 Å². The molecule has 2 fully saturated rings. The van der Waals surface area contributed by atoms with Gasteiger partial charge in [0.15, 0.2) is 5.78 Å². The average Bonchev–Trinajstić information content (AvgIpc) is 2.68. The molecule has 1 aromatic carbocycles. The number of thioether (sulfide) groups is 1. The number of hydrogen-bond acceptors (Lipinski definition) is 2. The number of fused-ring (bicyclic) bond motifs is 2. The van der Waals surface area contributed by atoms with Gasteiger partial charge in [-0.15, -0.1) is 0 Å². The van der Waals surface area contributed by atoms with Crippen molar-refractivity contribution >= 4 is 17.5 Å². The lowest BCUT2D eigenvalue weighted by molar-refractivity contribution is 0.0902. The van der Waals surface area contributed by atoms with Crippen LogP contribution in [0.4, 0.5) is 4.39 Å². The van der Waals surface area contributed by atoms with Crippen molar-refractivity contribution in [2.45, 2.75) is 43.1 Å². The second-order valence-corrected chi connectivity index (χ2v) is 7.03. The predicted molar refractivity (Wildman–Crippen MR) is 72.6 cm³/mol. The molecule has 0 aliphatic carbocycles. The Kier molecular flexibility index (Phi) is 3.18. The number of halogens is 1. The molecule has 0 spiro atoms. The molecule has 2 heterocycles. The minimum atomic E-state index is -0.356. The van der Waals surface area contributed by atoms with E-state index in [4.69, 9.17) is 0 Å². The van der Waals surface area contributed by atoms with Crippen molar-refractivity contribution in [1.82, 2.24) is 0 Å². The van der Waals surface area contributed by atoms with Crippen molar-refractivity contribution < 1.29 is 9.18 Å². The highest BCUT2D eigenvalue weighted by Gasteiger charge is 2.38. The lowest BCUT2D eigenvalue weighted by Crippen LogP contribution is -2.26. The summed E-state index contributed by atoms with van der Waals surface area (Å²) in [7, 11) is 0. The van der Waals surface area contributed by atoms with Gasteiger partial charge in [0, 0.05) is 16.4 Å². The predicted octanol–water partition coefficient (Wildman–Crippen LogP) is 3.99. The van der Waals surface area contributed by atoms with E-state index < -0.39 is 0 Å². The maximum Gasteiger partial charge on any atom is 0.169 e. The van der Waals surface area contributed by atoms with Gasteiger partial charge in [0.05, 0.1) is 5.56 Å². The summed E-state index contributed by atoms with van der Waals surface area (Å²) in [6.45, 7) is 1.82. The van der Waals surface area contributed by atoms with Crippen LogP contribution in [-0.2, 0) is 0 Å². The fourth-order valence-electron chi connectivity index (χ4n) is 3.22. The minimum absolute atomic E-state index is 0.0304. The van der Waals surface area contributed by atoms with Crippen molar-refractivity contribution in [2.75, 3.05) is 0 Å². The first-order valence-corrected chi connectivity index (χ1v) is 7.54. The second kappa shape index (κ2) is 4.69. The van der Waals surface area contributed by atoms with Gasteiger partial charge >= 0.3 is 0 Å². The maximum absolute atomic E-state index is 13.8. The molecule has 2 aliphatic heterocycles. The summed E-state index contributed by atoms with van der Waals surface area (Å²) in [5, 5.41) is 1.26. The van der Waals surface area contributed by atoms with Gasteiger partial charge < -0.3 is 0 Å². The molecule has 2 saturated heterocycles. The molecular weight excluding hydrogens is 247 g/mol. The lowest BCUT2D eigenvalue weighted by atomic mass is 9.88. The third kappa shape index (κ3) is 2.09. The molecule has 3 rings (SSSR count). The summed E-state index contributed by atoms with van der Waals surface area (Å²) in [5.41, 5.74) is 1.10. The Bertz CT molecular complexity index is 453. The minimum Gasteiger partial charge on any atom is -0.294 e. The lowest BCUT2D eigenvalue weighted by Gasteiger charge is -2.26. The molecule has 0 amide bonds. The highest BCUT2D eigenvalue weighted by Crippen LogP contribution is 2.46. The van der Waals surface area contributed by atoms with Crippen LogP contribution in [-0.4, -0.2) is 16.3 Å². The fourth-order valence-corrected chi connectivity index (χ4v) is 5.00. The number of aryl methyl sites for hydroxylation is 1. The molecule has 2 bridgehead atoms. The molecule has 3 heteroatoms. The monoisotopic (exact) mass is 264 g/mol. The summed E-state index contributed by atoms with van der Waals surface area (Å²) in [5.74, 6) is -0.285. The van der Waals surface area contributed by atoms with Gasteiger partial charge in [-0.3, -0.25) is 4.79 Å². The molecule has 18 heavy (non-hydrogen) atoms. The van der Waals surface area contributed by atoms with Gasteiger partial charge in [-0.25, -0.2) is 4.39 Å². The standard InChI is InChI=1S/C15H17FOS/c1-9-3-2-4-13(16)14(9)15(17)10-7-11-5-6-12(8-10)18-11/h2-4,10-12H,5-8H2,1H3. The number of Topliss-reactive ketones (excluding diaryl/α,β-unsaturated/α-hetero) is 1. The summed E-state index contributed by atoms with van der Waals surface area (Å²) in [4.78, 5) is 12.5. The Morgan fingerprint density at radius 3 is 2.56 bits per heavy atom. The van der Waals surface area contributed by atoms with Crippen molar-refractivity contribution in [1.29, 1.82) is 0 Å². The summed E-state index contributed by atoms with van der Waals surface area (Å²) >= 11 is 2.03. The molecule has 0 aromatic heterocycles. The largest absolute Gasteiger partial charge is 0.294 e. The molecule has 0 N–H and O–H groups in total. The number of carbonyl (C=O) groups is 1. The number of rotatable bonds is 2. The number of benzene rings is 1. The zero-order valence-electron chi connectivity index (χ0n) is 10.5. The van der Waals surface area contributed by atoms with Gasteiger partial charge in [-0.2, -0.15) is 11.8 Å². The van der Waals surface area contributed by atoms with E-state index in [-0.39, 0.29) is 17.5 Å². The van der Waals surface area contributed by atoms with Crippen molar-refractivity contribution in [3.05, 3.63) is 35.1 Å². The van der Waals surface area contributed by atoms with E-state index in [2.05, 4.69) is 0 Å². The molecular formula is C15H17FOS. The average molecular weight is 264 g/mol. The van der Waals surface area contributed by atoms with E-state index >= 15 is 0 Å². The van der Waals surface area contributed by atoms with Gasteiger partial charge in [0.2, 0.25) is 0 Å². The Labute approximate surface area is 111 Å². The van der Waals surface area contributed by atoms with Gasteiger partial charge in [0.25, 0.3) is 0 Å². The Morgan fingerprint density at radius 2 is 1.94 bits per heavy atom. The van der Waals surface area contributed by atoms with Crippen molar-refractivity contribution in [3.8, 4) is 0 Å². The topological polar surface area (TPSA) is 17.1 Å². The van der Waals surface area contributed by atoms with Crippen molar-refractivity contribution in [3.63, 3.8) is 0 Å². The van der Waals surface area contributed by atoms with E-state index in [1.165, 1.54) is 18.9 Å². The first-order chi connectivity index (χ1) is 8.65. The molecule has 1 aromatic rings. The Balaban J connectivity index is 1.86. The van der Waals surface area contributed by atoms with Crippen LogP contribution in [0.2, 0.25) is 0 Å². The number of hydrogen-bond donors (Lipinski definition) is 0. The third-order valence-corrected chi connectivity index (χ3v) is 5.76. The molecule has 2 unspecified atom stereocenters. The Hall–Kier alpha value is -0.830. The van der Waals surface area contributed by atoms with E-state index in [0.29, 0.717) is 16.1 Å². The first kappa shape index (κ1) is 12.2. The highest BCUT2D eigenvalue weighted by molar-refractivity contribution is 8.00. The fraction of sp³-hybridized carbons (Fsp3) is 0.533. The summed E-state index contributed by atoms with van der Waals surface area (Å²) in [6.07, 6.45) is 4.34. The molecule has 2 atom stereocenters. The normalized spacial score (nSPS) is 30.4. The van der Waals surface area contributed by atoms with Crippen molar-refractivity contribution in [2.24, 2.45) is 5.92 Å². The van der Waals surface area contributed by atoms with Crippen LogP contribution in [0, 0.1) is 18.7 Å². The molecule has 2 aliphatic rings. The van der Waals surface area contributed by atoms with Crippen LogP contribution in [0.3, 0.4) is 0 Å². The molecule has 0 saturated carbocycles. The molecule has 96 valence electrons. The second-order valence-electron chi connectivity index (χ2n) is 5.42. The van der Waals surface area contributed by atoms with E-state index in [0.717, 1.165) is 18.4 Å². The molecule has 1 nitrogen and oxygen atoms in total. The van der Waals surface area contributed by atoms with E-state index in [1.54, 1.807) is 6.07 Å². The third-order valence-electron chi connectivity index (χ3n) is 4.13. The van der Waals surface area contributed by atoms with Crippen LogP contribution in [0.5, 0.6) is 0 Å². The van der Waals surface area contributed by atoms with Gasteiger partial charge in [-0.05, 0) is 44.2 Å².